The van der Waals surface area contributed by atoms with Crippen LogP contribution in [0.2, 0.25) is 0 Å². The maximum atomic E-state index is 12.9. The molecule has 0 aliphatic rings. The van der Waals surface area contributed by atoms with Crippen molar-refractivity contribution in [1.82, 2.24) is 0 Å². The average Bonchev–Trinajstić information content (AvgIpc) is 3.46. The van der Waals surface area contributed by atoms with E-state index < -0.39 is 6.10 Å². The Labute approximate surface area is 496 Å². The van der Waals surface area contributed by atoms with Gasteiger partial charge in [0.1, 0.15) is 13.2 Å². The van der Waals surface area contributed by atoms with Gasteiger partial charge in [0.25, 0.3) is 0 Å². The highest BCUT2D eigenvalue weighted by molar-refractivity contribution is 5.71. The molecule has 1 atom stereocenters. The Bertz CT molecular complexity index is 1560. The smallest absolute Gasteiger partial charge is 0.306 e. The standard InChI is InChI=1S/C74H128O6/c1-4-7-10-13-16-19-22-25-28-31-33-34-35-36-37-38-39-40-41-44-46-49-52-55-58-61-64-67-73(76)79-70-71(69-78-72(75)66-63-60-57-54-51-48-45-42-30-27-24-21-18-15-12-9-6-3)80-74(77)68-65-62-59-56-53-50-47-43-32-29-26-23-20-17-14-11-8-5-2/h7,10,16,18-19,21,25,27-30,32-34,36-37,71H,4-6,8-9,11-15,17,20,22-24,26,31,35,38-70H2,1-3H3/b10-7-,19-16-,21-18-,28-25-,30-27-,32-29-,34-33-,37-36-. The van der Waals surface area contributed by atoms with Crippen LogP contribution in [0.5, 0.6) is 0 Å². The first-order valence-corrected chi connectivity index (χ1v) is 34.2. The van der Waals surface area contributed by atoms with Crippen LogP contribution in [0, 0.1) is 0 Å². The van der Waals surface area contributed by atoms with Gasteiger partial charge >= 0.3 is 17.9 Å². The van der Waals surface area contributed by atoms with Crippen molar-refractivity contribution in [2.45, 2.75) is 341 Å². The summed E-state index contributed by atoms with van der Waals surface area (Å²) in [6.45, 7) is 6.53. The van der Waals surface area contributed by atoms with Crippen molar-refractivity contribution < 1.29 is 28.6 Å². The number of rotatable bonds is 62. The second-order valence-electron chi connectivity index (χ2n) is 22.7. The zero-order chi connectivity index (χ0) is 57.8. The van der Waals surface area contributed by atoms with E-state index in [1.165, 1.54) is 193 Å². The van der Waals surface area contributed by atoms with Crippen LogP contribution in [0.25, 0.3) is 0 Å². The fourth-order valence-corrected chi connectivity index (χ4v) is 9.67. The number of hydrogen-bond donors (Lipinski definition) is 0. The number of esters is 3. The zero-order valence-electron chi connectivity index (χ0n) is 52.8. The molecule has 0 aromatic carbocycles. The molecule has 0 rings (SSSR count). The molecular formula is C74H128O6. The third-order valence-electron chi connectivity index (χ3n) is 14.8. The topological polar surface area (TPSA) is 78.9 Å². The summed E-state index contributed by atoms with van der Waals surface area (Å²) < 4.78 is 17.0. The summed E-state index contributed by atoms with van der Waals surface area (Å²) in [5.41, 5.74) is 0. The van der Waals surface area contributed by atoms with Gasteiger partial charge in [-0.3, -0.25) is 14.4 Å². The first kappa shape index (κ1) is 76.3. The van der Waals surface area contributed by atoms with Gasteiger partial charge in [0.2, 0.25) is 0 Å². The third-order valence-corrected chi connectivity index (χ3v) is 14.8. The van der Waals surface area contributed by atoms with Crippen LogP contribution in [-0.2, 0) is 28.6 Å². The molecule has 0 spiro atoms. The Morgan fingerprint density at radius 1 is 0.263 bits per heavy atom. The van der Waals surface area contributed by atoms with E-state index in [1.807, 2.05) is 0 Å². The van der Waals surface area contributed by atoms with Crippen molar-refractivity contribution in [2.75, 3.05) is 13.2 Å². The molecule has 0 heterocycles. The van der Waals surface area contributed by atoms with E-state index in [-0.39, 0.29) is 31.1 Å². The SMILES string of the molecule is CC/C=C\C/C=C\C/C=C\C/C=C\C/C=C\CCCCCCCCCCCCCC(=O)OCC(COC(=O)CCCCCCCCC/C=C\C/C=C\CCCCC)OC(=O)CCCCCCCCC/C=C\CCCCCCCCC. The molecule has 80 heavy (non-hydrogen) atoms. The number of ether oxygens (including phenoxy) is 3. The summed E-state index contributed by atoms with van der Waals surface area (Å²) in [7, 11) is 0. The van der Waals surface area contributed by atoms with Gasteiger partial charge < -0.3 is 14.2 Å². The highest BCUT2D eigenvalue weighted by Crippen LogP contribution is 2.16. The Morgan fingerprint density at radius 3 is 0.800 bits per heavy atom. The number of carbonyl (C=O) groups excluding carboxylic acids is 3. The van der Waals surface area contributed by atoms with E-state index in [1.54, 1.807) is 0 Å². The highest BCUT2D eigenvalue weighted by Gasteiger charge is 2.19. The molecule has 0 aromatic heterocycles. The summed E-state index contributed by atoms with van der Waals surface area (Å²) in [5, 5.41) is 0. The van der Waals surface area contributed by atoms with Crippen LogP contribution >= 0.6 is 0 Å². The Morgan fingerprint density at radius 2 is 0.487 bits per heavy atom. The van der Waals surface area contributed by atoms with Gasteiger partial charge in [0, 0.05) is 19.3 Å². The fraction of sp³-hybridized carbons (Fsp3) is 0.743. The van der Waals surface area contributed by atoms with Crippen LogP contribution in [-0.4, -0.2) is 37.2 Å². The average molecular weight is 1110 g/mol. The zero-order valence-corrected chi connectivity index (χ0v) is 52.8. The first-order valence-electron chi connectivity index (χ1n) is 34.2. The molecule has 460 valence electrons. The monoisotopic (exact) mass is 1110 g/mol. The molecule has 0 aliphatic carbocycles. The van der Waals surface area contributed by atoms with Crippen LogP contribution in [0.15, 0.2) is 97.2 Å². The minimum absolute atomic E-state index is 0.0818. The number of unbranched alkanes of at least 4 members (excludes halogenated alkanes) is 35. The molecule has 0 saturated heterocycles. The lowest BCUT2D eigenvalue weighted by atomic mass is 10.0. The number of hydrogen-bond acceptors (Lipinski definition) is 6. The molecule has 0 aliphatic heterocycles. The predicted molar refractivity (Wildman–Crippen MR) is 348 cm³/mol. The summed E-state index contributed by atoms with van der Waals surface area (Å²) in [6, 6.07) is 0. The van der Waals surface area contributed by atoms with E-state index >= 15 is 0 Å². The first-order chi connectivity index (χ1) is 39.5. The molecule has 0 fully saturated rings. The second kappa shape index (κ2) is 67.8. The summed E-state index contributed by atoms with van der Waals surface area (Å²) >= 11 is 0. The van der Waals surface area contributed by atoms with E-state index in [0.717, 1.165) is 103 Å². The van der Waals surface area contributed by atoms with Crippen LogP contribution < -0.4 is 0 Å². The Balaban J connectivity index is 4.34. The molecule has 0 aromatic rings. The fourth-order valence-electron chi connectivity index (χ4n) is 9.67. The van der Waals surface area contributed by atoms with Crippen LogP contribution in [0.3, 0.4) is 0 Å². The quantitative estimate of drug-likeness (QED) is 0.0261. The van der Waals surface area contributed by atoms with Crippen molar-refractivity contribution in [3.8, 4) is 0 Å². The maximum absolute atomic E-state index is 12.9. The van der Waals surface area contributed by atoms with Gasteiger partial charge in [0.05, 0.1) is 0 Å². The lowest BCUT2D eigenvalue weighted by Crippen LogP contribution is -2.30. The van der Waals surface area contributed by atoms with Gasteiger partial charge in [-0.1, -0.05) is 291 Å². The summed E-state index contributed by atoms with van der Waals surface area (Å²) in [5.74, 6) is -0.882. The lowest BCUT2D eigenvalue weighted by Gasteiger charge is -2.18. The number of carbonyl (C=O) groups is 3. The molecule has 6 nitrogen and oxygen atoms in total. The van der Waals surface area contributed by atoms with Gasteiger partial charge in [-0.15, -0.1) is 0 Å². The molecule has 0 bridgehead atoms. The van der Waals surface area contributed by atoms with E-state index in [9.17, 15) is 14.4 Å². The molecule has 0 N–H and O–H groups in total. The molecular weight excluding hydrogens is 985 g/mol. The van der Waals surface area contributed by atoms with Gasteiger partial charge in [-0.2, -0.15) is 0 Å². The van der Waals surface area contributed by atoms with Gasteiger partial charge in [0.15, 0.2) is 6.10 Å². The van der Waals surface area contributed by atoms with E-state index in [2.05, 4.69) is 118 Å². The maximum Gasteiger partial charge on any atom is 0.306 e. The third kappa shape index (κ3) is 65.1. The van der Waals surface area contributed by atoms with E-state index in [0.29, 0.717) is 19.3 Å². The van der Waals surface area contributed by atoms with Crippen LogP contribution in [0.1, 0.15) is 335 Å². The van der Waals surface area contributed by atoms with E-state index in [4.69, 9.17) is 14.2 Å². The van der Waals surface area contributed by atoms with Crippen molar-refractivity contribution in [3.63, 3.8) is 0 Å². The predicted octanol–water partition coefficient (Wildman–Crippen LogP) is 23.6. The van der Waals surface area contributed by atoms with Crippen molar-refractivity contribution in [3.05, 3.63) is 97.2 Å². The second-order valence-corrected chi connectivity index (χ2v) is 22.7. The van der Waals surface area contributed by atoms with Crippen LogP contribution in [0.4, 0.5) is 0 Å². The minimum Gasteiger partial charge on any atom is -0.462 e. The number of allylic oxidation sites excluding steroid dienone is 16. The molecule has 0 amide bonds. The van der Waals surface area contributed by atoms with Crippen molar-refractivity contribution >= 4 is 17.9 Å². The molecule has 6 heteroatoms. The summed E-state index contributed by atoms with van der Waals surface area (Å²) in [4.78, 5) is 38.4. The highest BCUT2D eigenvalue weighted by atomic mass is 16.6. The molecule has 1 unspecified atom stereocenters. The molecule has 0 radical (unpaired) electrons. The van der Waals surface area contributed by atoms with Gasteiger partial charge in [-0.25, -0.2) is 0 Å². The molecule has 0 saturated carbocycles. The Hall–Kier alpha value is -3.67. The summed E-state index contributed by atoms with van der Waals surface area (Å²) in [6.07, 6.45) is 91.3. The Kier molecular flexibility index (Phi) is 64.7. The normalized spacial score (nSPS) is 12.7. The minimum atomic E-state index is -0.786. The van der Waals surface area contributed by atoms with Crippen molar-refractivity contribution in [2.24, 2.45) is 0 Å². The largest absolute Gasteiger partial charge is 0.462 e. The van der Waals surface area contributed by atoms with Crippen molar-refractivity contribution in [1.29, 1.82) is 0 Å². The lowest BCUT2D eigenvalue weighted by molar-refractivity contribution is -0.167. The van der Waals surface area contributed by atoms with Gasteiger partial charge in [-0.05, 0) is 122 Å².